The smallest absolute Gasteiger partial charge is 0.336 e. The number of fused-ring (bicyclic) bond motifs is 2. The topological polar surface area (TPSA) is 84.0 Å². The average molecular weight is 433 g/mol. The Morgan fingerprint density at radius 3 is 2.30 bits per heavy atom. The van der Waals surface area contributed by atoms with E-state index in [1.165, 1.54) is 13.4 Å². The molecule has 2 atom stereocenters. The van der Waals surface area contributed by atoms with Crippen molar-refractivity contribution in [3.63, 3.8) is 0 Å². The zero-order valence-electron chi connectivity index (χ0n) is 17.5. The molecular formula is C22H28N2O5S. The van der Waals surface area contributed by atoms with Gasteiger partial charge in [-0.15, -0.1) is 0 Å². The number of carbonyl (C=O) groups is 2. The molecule has 3 aliphatic heterocycles. The summed E-state index contributed by atoms with van der Waals surface area (Å²) in [6.07, 6.45) is 6.51. The van der Waals surface area contributed by atoms with Gasteiger partial charge in [0.25, 0.3) is 0 Å². The van der Waals surface area contributed by atoms with Crippen molar-refractivity contribution >= 4 is 27.4 Å². The van der Waals surface area contributed by atoms with Crippen LogP contribution in [0.3, 0.4) is 0 Å². The summed E-state index contributed by atoms with van der Waals surface area (Å²) in [7, 11) is -1.93. The lowest BCUT2D eigenvalue weighted by atomic mass is 9.88. The van der Waals surface area contributed by atoms with Gasteiger partial charge in [0.2, 0.25) is 0 Å². The van der Waals surface area contributed by atoms with Crippen LogP contribution in [-0.4, -0.2) is 68.8 Å². The Bertz CT molecular complexity index is 977. The van der Waals surface area contributed by atoms with E-state index in [1.807, 2.05) is 9.80 Å². The second-order valence-electron chi connectivity index (χ2n) is 8.37. The van der Waals surface area contributed by atoms with Crippen molar-refractivity contribution in [2.24, 2.45) is 0 Å². The molecule has 3 aliphatic rings. The molecule has 1 aromatic carbocycles. The Kier molecular flexibility index (Phi) is 5.61. The van der Waals surface area contributed by atoms with Gasteiger partial charge in [-0.1, -0.05) is 12.1 Å². The number of nitrogens with zero attached hydrogens (tertiary/aromatic N) is 2. The fraction of sp³-hybridized carbons (Fsp3) is 0.545. The molecule has 3 heterocycles. The van der Waals surface area contributed by atoms with Crippen LogP contribution in [0.25, 0.3) is 5.57 Å². The van der Waals surface area contributed by atoms with Crippen LogP contribution in [0.2, 0.25) is 0 Å². The number of esters is 1. The molecule has 7 nitrogen and oxygen atoms in total. The van der Waals surface area contributed by atoms with Crippen LogP contribution >= 0.6 is 0 Å². The predicted octanol–water partition coefficient (Wildman–Crippen LogP) is 2.86. The Labute approximate surface area is 177 Å². The summed E-state index contributed by atoms with van der Waals surface area (Å²) in [6, 6.07) is 6.40. The molecule has 2 bridgehead atoms. The minimum absolute atomic E-state index is 0.0232. The highest BCUT2D eigenvalue weighted by Crippen LogP contribution is 2.44. The van der Waals surface area contributed by atoms with Crippen molar-refractivity contribution in [3.8, 4) is 0 Å². The number of benzene rings is 1. The summed E-state index contributed by atoms with van der Waals surface area (Å²) in [4.78, 5) is 30.1. The Hall–Kier alpha value is -2.35. The summed E-state index contributed by atoms with van der Waals surface area (Å²) in [5, 5.41) is 0. The van der Waals surface area contributed by atoms with Gasteiger partial charge < -0.3 is 14.5 Å². The SMILES string of the molecule is COC(=O)C1=C(c2ccc(S(C)(=O)=O)cc2)CC2CCC1N2C(=O)N1CCCCC1. The van der Waals surface area contributed by atoms with Gasteiger partial charge in [0.1, 0.15) is 0 Å². The summed E-state index contributed by atoms with van der Waals surface area (Å²) in [6.45, 7) is 1.54. The highest BCUT2D eigenvalue weighted by molar-refractivity contribution is 7.90. The Morgan fingerprint density at radius 1 is 1.03 bits per heavy atom. The standard InChI is InChI=1S/C22H28N2O5S/c1-29-21(25)20-18(15-6-9-17(10-7-15)30(2,27)28)14-16-8-11-19(20)24(16)22(26)23-12-4-3-5-13-23/h6-7,9-10,16,19H,3-5,8,11-14H2,1-2H3. The second kappa shape index (κ2) is 8.06. The Morgan fingerprint density at radius 2 is 1.70 bits per heavy atom. The maximum Gasteiger partial charge on any atom is 0.336 e. The molecule has 0 saturated carbocycles. The van der Waals surface area contributed by atoms with Crippen LogP contribution < -0.4 is 0 Å². The first-order valence-corrected chi connectivity index (χ1v) is 12.4. The summed E-state index contributed by atoms with van der Waals surface area (Å²) in [5.74, 6) is -0.418. The van der Waals surface area contributed by atoms with E-state index < -0.39 is 15.8 Å². The van der Waals surface area contributed by atoms with Crippen molar-refractivity contribution < 1.29 is 22.7 Å². The summed E-state index contributed by atoms with van der Waals surface area (Å²) < 4.78 is 28.7. The van der Waals surface area contributed by atoms with Crippen LogP contribution in [0.5, 0.6) is 0 Å². The quantitative estimate of drug-likeness (QED) is 0.686. The van der Waals surface area contributed by atoms with E-state index in [9.17, 15) is 18.0 Å². The summed E-state index contributed by atoms with van der Waals surface area (Å²) >= 11 is 0. The molecule has 0 spiro atoms. The molecule has 0 aliphatic carbocycles. The van der Waals surface area contributed by atoms with Gasteiger partial charge >= 0.3 is 12.0 Å². The third-order valence-corrected chi connectivity index (χ3v) is 7.61. The average Bonchev–Trinajstić information content (AvgIpc) is 3.06. The van der Waals surface area contributed by atoms with E-state index in [0.717, 1.165) is 56.3 Å². The molecule has 0 N–H and O–H groups in total. The third-order valence-electron chi connectivity index (χ3n) is 6.48. The van der Waals surface area contributed by atoms with Crippen molar-refractivity contribution in [3.05, 3.63) is 35.4 Å². The minimum Gasteiger partial charge on any atom is -0.466 e. The second-order valence-corrected chi connectivity index (χ2v) is 10.4. The third kappa shape index (κ3) is 3.73. The van der Waals surface area contributed by atoms with Crippen LogP contribution in [0.1, 0.15) is 44.1 Å². The number of sulfone groups is 1. The van der Waals surface area contributed by atoms with Gasteiger partial charge in [-0.25, -0.2) is 18.0 Å². The lowest BCUT2D eigenvalue weighted by Crippen LogP contribution is -2.53. The molecule has 30 heavy (non-hydrogen) atoms. The maximum atomic E-state index is 13.3. The molecular weight excluding hydrogens is 404 g/mol. The van der Waals surface area contributed by atoms with Crippen LogP contribution in [0.15, 0.2) is 34.7 Å². The van der Waals surface area contributed by atoms with E-state index >= 15 is 0 Å². The van der Waals surface area contributed by atoms with Crippen molar-refractivity contribution in [2.75, 3.05) is 26.5 Å². The van der Waals surface area contributed by atoms with Crippen LogP contribution in [-0.2, 0) is 19.4 Å². The number of amides is 2. The number of carbonyl (C=O) groups excluding carboxylic acids is 2. The zero-order valence-corrected chi connectivity index (χ0v) is 18.3. The number of ether oxygens (including phenoxy) is 1. The number of hydrogen-bond acceptors (Lipinski definition) is 5. The molecule has 2 unspecified atom stereocenters. The molecule has 0 radical (unpaired) electrons. The van der Waals surface area contributed by atoms with Gasteiger partial charge in [-0.2, -0.15) is 0 Å². The molecule has 2 amide bonds. The number of likely N-dealkylation sites (tertiary alicyclic amines) is 1. The summed E-state index contributed by atoms with van der Waals surface area (Å²) in [5.41, 5.74) is 2.20. The molecule has 4 rings (SSSR count). The number of rotatable bonds is 3. The van der Waals surface area contributed by atoms with Crippen molar-refractivity contribution in [1.82, 2.24) is 9.80 Å². The highest BCUT2D eigenvalue weighted by Gasteiger charge is 2.47. The van der Waals surface area contributed by atoms with Crippen LogP contribution in [0, 0.1) is 0 Å². The first-order valence-electron chi connectivity index (χ1n) is 10.5. The lowest BCUT2D eigenvalue weighted by Gasteiger charge is -2.41. The Balaban J connectivity index is 1.71. The molecule has 2 fully saturated rings. The van der Waals surface area contributed by atoms with E-state index in [1.54, 1.807) is 24.3 Å². The van der Waals surface area contributed by atoms with Crippen molar-refractivity contribution in [1.29, 1.82) is 0 Å². The number of urea groups is 1. The minimum atomic E-state index is -3.29. The van der Waals surface area contributed by atoms with E-state index in [0.29, 0.717) is 12.0 Å². The van der Waals surface area contributed by atoms with E-state index in [-0.39, 0.29) is 23.0 Å². The van der Waals surface area contributed by atoms with Crippen LogP contribution in [0.4, 0.5) is 4.79 Å². The number of methoxy groups -OCH3 is 1. The lowest BCUT2D eigenvalue weighted by molar-refractivity contribution is -0.136. The van der Waals surface area contributed by atoms with Gasteiger partial charge in [0.15, 0.2) is 9.84 Å². The molecule has 0 aromatic heterocycles. The molecule has 1 aromatic rings. The van der Waals surface area contributed by atoms with Gasteiger partial charge in [-0.05, 0) is 61.8 Å². The van der Waals surface area contributed by atoms with Crippen molar-refractivity contribution in [2.45, 2.75) is 55.5 Å². The first-order chi connectivity index (χ1) is 14.3. The number of piperidine rings is 1. The molecule has 162 valence electrons. The highest BCUT2D eigenvalue weighted by atomic mass is 32.2. The first kappa shape index (κ1) is 20.9. The molecule has 8 heteroatoms. The van der Waals surface area contributed by atoms with Gasteiger partial charge in [0.05, 0.1) is 23.6 Å². The van der Waals surface area contributed by atoms with E-state index in [2.05, 4.69) is 0 Å². The monoisotopic (exact) mass is 432 g/mol. The maximum absolute atomic E-state index is 13.3. The normalized spacial score (nSPS) is 24.2. The zero-order chi connectivity index (χ0) is 21.5. The van der Waals surface area contributed by atoms with E-state index in [4.69, 9.17) is 4.74 Å². The predicted molar refractivity (Wildman–Crippen MR) is 113 cm³/mol. The fourth-order valence-electron chi connectivity index (χ4n) is 5.00. The number of hydrogen-bond donors (Lipinski definition) is 0. The largest absolute Gasteiger partial charge is 0.466 e. The van der Waals surface area contributed by atoms with Gasteiger partial charge in [-0.3, -0.25) is 0 Å². The fourth-order valence-corrected chi connectivity index (χ4v) is 5.63. The molecule has 2 saturated heterocycles. The van der Waals surface area contributed by atoms with Gasteiger partial charge in [0, 0.05) is 25.4 Å².